The molecule has 0 aromatic carbocycles. The molecule has 0 saturated carbocycles. The normalized spacial score (nSPS) is 13.9. The average molecular weight is 1530 g/mol. The van der Waals surface area contributed by atoms with E-state index in [1.54, 1.807) is 0 Å². The van der Waals surface area contributed by atoms with Crippen LogP contribution >= 0.6 is 0 Å². The van der Waals surface area contributed by atoms with Crippen molar-refractivity contribution in [3.8, 4) is 0 Å². The Morgan fingerprint density at radius 2 is 0.462 bits per heavy atom. The van der Waals surface area contributed by atoms with E-state index in [4.69, 9.17) is 95.0 Å². The molecule has 3 heterocycles. The molecular weight excluding hydrogens is 1420 g/mol. The quantitative estimate of drug-likeness (QED) is 0.0359. The van der Waals surface area contributed by atoms with Crippen molar-refractivity contribution < 1.29 is 157 Å². The smallest absolute Gasteiger partial charge is 0.335 e. The summed E-state index contributed by atoms with van der Waals surface area (Å²) in [6.45, 7) is 7.95. The molecule has 40 heteroatoms. The molecule has 3 aliphatic heterocycles. The molecule has 606 valence electrons. The standard InChI is InChI=1S/C66H109N7O33/c1-2-19-87-30-31-88-20-12-56(77)70-66(50-101-21-9-53(74)67-16-27-92-35-41-98-47-44-95-38-32-89-24-13-63(84)104-71-57(78)3-4-58(71)79,51-102-22-10-54(75)68-17-28-93-36-42-99-48-45-96-39-33-90-25-14-64(85)105-72-59(80)5-6-60(72)81)52-103-23-11-55(76)69-18-29-94-37-43-100-49-46-97-40-34-91-26-15-65(86)106-73-61(82)7-8-62(73)83/h2-52H2,1H3,(H,67,74)(H,68,75)(H,69,76)(H,70,77). The molecule has 0 bridgehead atoms. The molecule has 4 N–H and O–H groups in total. The second-order valence-electron chi connectivity index (χ2n) is 23.0. The molecule has 0 radical (unpaired) electrons. The van der Waals surface area contributed by atoms with Gasteiger partial charge in [0, 0.05) is 90.4 Å². The van der Waals surface area contributed by atoms with Gasteiger partial charge < -0.3 is 116 Å². The fourth-order valence-corrected chi connectivity index (χ4v) is 8.74. The van der Waals surface area contributed by atoms with Gasteiger partial charge in [0.05, 0.1) is 237 Å². The van der Waals surface area contributed by atoms with Crippen LogP contribution in [0.5, 0.6) is 0 Å². The minimum absolute atomic E-state index is 0.00598. The highest BCUT2D eigenvalue weighted by atomic mass is 16.7. The molecular formula is C66H109N7O33. The summed E-state index contributed by atoms with van der Waals surface area (Å²) in [5.74, 6) is -7.11. The molecule has 106 heavy (non-hydrogen) atoms. The van der Waals surface area contributed by atoms with Crippen molar-refractivity contribution in [2.75, 3.05) is 244 Å². The van der Waals surface area contributed by atoms with Gasteiger partial charge in [-0.25, -0.2) is 14.4 Å². The van der Waals surface area contributed by atoms with Crippen molar-refractivity contribution >= 4 is 77.0 Å². The first kappa shape index (κ1) is 93.2. The van der Waals surface area contributed by atoms with Crippen LogP contribution < -0.4 is 21.3 Å². The number of nitrogens with zero attached hydrogens (tertiary/aromatic N) is 3. The van der Waals surface area contributed by atoms with Gasteiger partial charge in [-0.2, -0.15) is 0 Å². The van der Waals surface area contributed by atoms with Crippen LogP contribution in [-0.4, -0.2) is 342 Å². The van der Waals surface area contributed by atoms with Crippen molar-refractivity contribution in [2.24, 2.45) is 0 Å². The van der Waals surface area contributed by atoms with Gasteiger partial charge >= 0.3 is 17.9 Å². The van der Waals surface area contributed by atoms with Gasteiger partial charge in [-0.05, 0) is 6.42 Å². The molecule has 0 aromatic rings. The second-order valence-corrected chi connectivity index (χ2v) is 23.0. The van der Waals surface area contributed by atoms with Crippen molar-refractivity contribution in [3.63, 3.8) is 0 Å². The zero-order chi connectivity index (χ0) is 76.8. The predicted molar refractivity (Wildman–Crippen MR) is 358 cm³/mol. The third-order valence-corrected chi connectivity index (χ3v) is 14.2. The Bertz CT molecular complexity index is 2270. The zero-order valence-corrected chi connectivity index (χ0v) is 60.9. The van der Waals surface area contributed by atoms with Gasteiger partial charge in [0.15, 0.2) is 0 Å². The highest BCUT2D eigenvalue weighted by Gasteiger charge is 2.36. The highest BCUT2D eigenvalue weighted by molar-refractivity contribution is 6.03. The summed E-state index contributed by atoms with van der Waals surface area (Å²) in [7, 11) is 0. The van der Waals surface area contributed by atoms with E-state index in [1.807, 2.05) is 6.92 Å². The molecule has 10 amide bonds. The number of rotatable bonds is 72. The molecule has 40 nitrogen and oxygen atoms in total. The van der Waals surface area contributed by atoms with Crippen molar-refractivity contribution in [2.45, 2.75) is 102 Å². The SMILES string of the molecule is CCCOCCOCCC(=O)NC(COCCC(=O)NCCOCCOCCOCCOCCC(=O)ON1C(=O)CCC1=O)(COCCC(=O)NCCOCCOCCOCCOCCC(=O)ON1C(=O)CCC1=O)COCCC(=O)NCCOCCOCCOCCOCCC(=O)ON1C(=O)CCC1=O. The maximum atomic E-state index is 13.6. The van der Waals surface area contributed by atoms with Crippen LogP contribution in [0.15, 0.2) is 0 Å². The van der Waals surface area contributed by atoms with Crippen LogP contribution in [0.3, 0.4) is 0 Å². The number of ether oxygens (including phenoxy) is 17. The number of carbonyl (C=O) groups is 13. The minimum Gasteiger partial charge on any atom is -0.379 e. The lowest BCUT2D eigenvalue weighted by atomic mass is 10.0. The Morgan fingerprint density at radius 1 is 0.264 bits per heavy atom. The molecule has 0 atom stereocenters. The monoisotopic (exact) mass is 1530 g/mol. The number of imide groups is 3. The number of nitrogens with one attached hydrogen (secondary N) is 4. The lowest BCUT2D eigenvalue weighted by molar-refractivity contribution is -0.198. The molecule has 0 aromatic heterocycles. The summed E-state index contributed by atoms with van der Waals surface area (Å²) in [5.41, 5.74) is -1.39. The first-order chi connectivity index (χ1) is 51.5. The molecule has 3 rings (SSSR count). The van der Waals surface area contributed by atoms with Crippen LogP contribution in [0.4, 0.5) is 0 Å². The zero-order valence-electron chi connectivity index (χ0n) is 60.9. The Labute approximate surface area is 615 Å². The van der Waals surface area contributed by atoms with E-state index in [2.05, 4.69) is 21.3 Å². The maximum absolute atomic E-state index is 13.6. The maximum Gasteiger partial charge on any atom is 0.335 e. The van der Waals surface area contributed by atoms with Gasteiger partial charge in [-0.15, -0.1) is 15.2 Å². The van der Waals surface area contributed by atoms with E-state index >= 15 is 0 Å². The number of carbonyl (C=O) groups excluding carboxylic acids is 13. The van der Waals surface area contributed by atoms with Crippen LogP contribution in [0.2, 0.25) is 0 Å². The molecule has 0 aliphatic carbocycles. The van der Waals surface area contributed by atoms with E-state index in [0.29, 0.717) is 28.4 Å². The van der Waals surface area contributed by atoms with Crippen molar-refractivity contribution in [3.05, 3.63) is 0 Å². The Morgan fingerprint density at radius 3 is 0.708 bits per heavy atom. The van der Waals surface area contributed by atoms with Gasteiger partial charge in [0.2, 0.25) is 23.6 Å². The van der Waals surface area contributed by atoms with E-state index in [1.165, 1.54) is 0 Å². The Balaban J connectivity index is 1.36. The summed E-state index contributed by atoms with van der Waals surface area (Å²) < 4.78 is 94.6. The minimum atomic E-state index is -1.39. The fraction of sp³-hybridized carbons (Fsp3) is 0.803. The van der Waals surface area contributed by atoms with E-state index in [-0.39, 0.29) is 332 Å². The largest absolute Gasteiger partial charge is 0.379 e. The van der Waals surface area contributed by atoms with Gasteiger partial charge in [0.1, 0.15) is 5.54 Å². The molecule has 3 aliphatic rings. The fourth-order valence-electron chi connectivity index (χ4n) is 8.74. The van der Waals surface area contributed by atoms with Crippen molar-refractivity contribution in [1.29, 1.82) is 0 Å². The Kier molecular flexibility index (Phi) is 54.5. The summed E-state index contributed by atoms with van der Waals surface area (Å²) >= 11 is 0. The number of hydrogen-bond donors (Lipinski definition) is 4. The van der Waals surface area contributed by atoms with E-state index in [9.17, 15) is 62.3 Å². The number of amides is 10. The summed E-state index contributed by atoms with van der Waals surface area (Å²) in [5, 5.41) is 12.7. The predicted octanol–water partition coefficient (Wildman–Crippen LogP) is -2.57. The summed E-state index contributed by atoms with van der Waals surface area (Å²) in [6, 6.07) is 0. The van der Waals surface area contributed by atoms with Gasteiger partial charge in [-0.1, -0.05) is 6.92 Å². The second kappa shape index (κ2) is 62.0. The van der Waals surface area contributed by atoms with Crippen LogP contribution in [0.1, 0.15) is 96.8 Å². The Hall–Kier alpha value is -6.97. The van der Waals surface area contributed by atoms with Gasteiger partial charge in [0.25, 0.3) is 35.4 Å². The van der Waals surface area contributed by atoms with Gasteiger partial charge in [-0.3, -0.25) is 47.9 Å². The highest BCUT2D eigenvalue weighted by Crippen LogP contribution is 2.16. The van der Waals surface area contributed by atoms with Crippen LogP contribution in [0, 0.1) is 0 Å². The topological polar surface area (TPSA) is 464 Å². The molecule has 3 saturated heterocycles. The van der Waals surface area contributed by atoms with E-state index < -0.39 is 64.8 Å². The average Bonchev–Trinajstić information content (AvgIpc) is 1.36. The first-order valence-corrected chi connectivity index (χ1v) is 35.6. The molecule has 0 spiro atoms. The summed E-state index contributed by atoms with van der Waals surface area (Å²) in [6.07, 6.45) is 0.161. The van der Waals surface area contributed by atoms with Crippen LogP contribution in [-0.2, 0) is 157 Å². The number of hydroxylamine groups is 6. The number of hydrogen-bond acceptors (Lipinski definition) is 33. The summed E-state index contributed by atoms with van der Waals surface area (Å²) in [4.78, 5) is 171. The third kappa shape index (κ3) is 48.4. The lowest BCUT2D eigenvalue weighted by Crippen LogP contribution is -2.59. The molecule has 3 fully saturated rings. The van der Waals surface area contributed by atoms with Crippen molar-refractivity contribution in [1.82, 2.24) is 36.5 Å². The molecule has 0 unspecified atom stereocenters. The first-order valence-electron chi connectivity index (χ1n) is 35.6. The lowest BCUT2D eigenvalue weighted by Gasteiger charge is -2.34. The van der Waals surface area contributed by atoms with Crippen LogP contribution in [0.25, 0.3) is 0 Å². The third-order valence-electron chi connectivity index (χ3n) is 14.2. The van der Waals surface area contributed by atoms with E-state index in [0.717, 1.165) is 6.42 Å².